The molecular weight excluding hydrogens is 112 g/mol. The van der Waals surface area contributed by atoms with E-state index in [-0.39, 0.29) is 0 Å². The van der Waals surface area contributed by atoms with E-state index in [0.717, 1.165) is 25.6 Å². The molecule has 0 saturated heterocycles. The van der Waals surface area contributed by atoms with E-state index in [9.17, 15) is 0 Å². The van der Waals surface area contributed by atoms with Crippen molar-refractivity contribution in [2.24, 2.45) is 5.92 Å². The summed E-state index contributed by atoms with van der Waals surface area (Å²) >= 11 is 0. The van der Waals surface area contributed by atoms with Gasteiger partial charge in [0.15, 0.2) is 0 Å². The van der Waals surface area contributed by atoms with Crippen molar-refractivity contribution in [3.05, 3.63) is 6.42 Å². The van der Waals surface area contributed by atoms with E-state index in [1.807, 2.05) is 0 Å². The molecule has 9 heavy (non-hydrogen) atoms. The van der Waals surface area contributed by atoms with Crippen molar-refractivity contribution < 1.29 is 4.74 Å². The summed E-state index contributed by atoms with van der Waals surface area (Å²) in [4.78, 5) is 0. The Bertz CT molecular complexity index is 67.0. The molecule has 1 fully saturated rings. The van der Waals surface area contributed by atoms with E-state index in [1.54, 1.807) is 0 Å². The Kier molecular flexibility index (Phi) is 3.05. The van der Waals surface area contributed by atoms with Crippen molar-refractivity contribution in [2.75, 3.05) is 13.2 Å². The first-order chi connectivity index (χ1) is 4.43. The molecule has 0 amide bonds. The van der Waals surface area contributed by atoms with Crippen molar-refractivity contribution >= 4 is 0 Å². The summed E-state index contributed by atoms with van der Waals surface area (Å²) in [5.41, 5.74) is 0. The van der Waals surface area contributed by atoms with E-state index in [1.165, 1.54) is 12.8 Å². The van der Waals surface area contributed by atoms with Gasteiger partial charge < -0.3 is 4.74 Å². The molecule has 0 heterocycles. The molecular formula is C8H15O. The Morgan fingerprint density at radius 1 is 1.56 bits per heavy atom. The quantitative estimate of drug-likeness (QED) is 0.513. The second-order valence-corrected chi connectivity index (χ2v) is 2.65. The Hall–Kier alpha value is -0.0400. The first-order valence-electron chi connectivity index (χ1n) is 3.84. The third-order valence-corrected chi connectivity index (χ3v) is 1.52. The van der Waals surface area contributed by atoms with Crippen molar-refractivity contribution in [3.63, 3.8) is 0 Å². The van der Waals surface area contributed by atoms with Gasteiger partial charge in [0.05, 0.1) is 6.61 Å². The third-order valence-electron chi connectivity index (χ3n) is 1.52. The smallest absolute Gasteiger partial charge is 0.0500 e. The van der Waals surface area contributed by atoms with Gasteiger partial charge in [-0.05, 0) is 31.6 Å². The van der Waals surface area contributed by atoms with Gasteiger partial charge in [-0.3, -0.25) is 0 Å². The molecule has 1 aliphatic rings. The fourth-order valence-corrected chi connectivity index (χ4v) is 0.764. The number of rotatable bonds is 5. The lowest BCUT2D eigenvalue weighted by Crippen LogP contribution is -1.96. The van der Waals surface area contributed by atoms with E-state index in [4.69, 9.17) is 4.74 Å². The van der Waals surface area contributed by atoms with Crippen LogP contribution in [0.3, 0.4) is 0 Å². The molecule has 0 N–H and O–H groups in total. The minimum absolute atomic E-state index is 0.874. The summed E-state index contributed by atoms with van der Waals surface area (Å²) < 4.78 is 5.28. The Labute approximate surface area is 57.4 Å². The van der Waals surface area contributed by atoms with Crippen molar-refractivity contribution in [2.45, 2.75) is 26.2 Å². The molecule has 1 radical (unpaired) electrons. The van der Waals surface area contributed by atoms with Gasteiger partial charge >= 0.3 is 0 Å². The van der Waals surface area contributed by atoms with Crippen LogP contribution in [0.5, 0.6) is 0 Å². The topological polar surface area (TPSA) is 9.23 Å². The molecule has 1 aliphatic carbocycles. The summed E-state index contributed by atoms with van der Waals surface area (Å²) in [6, 6.07) is 0. The predicted octanol–water partition coefficient (Wildman–Crippen LogP) is 2.03. The fraction of sp³-hybridized carbons (Fsp3) is 0.875. The Morgan fingerprint density at radius 2 is 2.33 bits per heavy atom. The van der Waals surface area contributed by atoms with Crippen LogP contribution in [0.1, 0.15) is 26.2 Å². The average Bonchev–Trinajstić information content (AvgIpc) is 2.63. The highest BCUT2D eigenvalue weighted by Gasteiger charge is 2.20. The Morgan fingerprint density at radius 3 is 2.89 bits per heavy atom. The summed E-state index contributed by atoms with van der Waals surface area (Å²) in [7, 11) is 0. The molecule has 53 valence electrons. The van der Waals surface area contributed by atoms with Crippen LogP contribution in [0.25, 0.3) is 0 Å². The molecule has 1 rings (SSSR count). The third kappa shape index (κ3) is 3.52. The van der Waals surface area contributed by atoms with Crippen LogP contribution in [-0.2, 0) is 4.74 Å². The zero-order valence-corrected chi connectivity index (χ0v) is 6.10. The van der Waals surface area contributed by atoms with E-state index in [0.29, 0.717) is 0 Å². The van der Waals surface area contributed by atoms with Crippen molar-refractivity contribution in [3.8, 4) is 0 Å². The molecule has 0 aromatic carbocycles. The molecule has 0 atom stereocenters. The van der Waals surface area contributed by atoms with E-state index >= 15 is 0 Å². The minimum atomic E-state index is 0.874. The summed E-state index contributed by atoms with van der Waals surface area (Å²) in [5.74, 6) is 0.904. The van der Waals surface area contributed by atoms with Crippen LogP contribution >= 0.6 is 0 Å². The minimum Gasteiger partial charge on any atom is -0.381 e. The number of hydrogen-bond acceptors (Lipinski definition) is 1. The second kappa shape index (κ2) is 3.89. The predicted molar refractivity (Wildman–Crippen MR) is 38.1 cm³/mol. The normalized spacial score (nSPS) is 18.3. The number of hydrogen-bond donors (Lipinski definition) is 0. The molecule has 1 heteroatoms. The van der Waals surface area contributed by atoms with Gasteiger partial charge in [0.2, 0.25) is 0 Å². The van der Waals surface area contributed by atoms with Gasteiger partial charge in [0.1, 0.15) is 0 Å². The van der Waals surface area contributed by atoms with E-state index in [2.05, 4.69) is 13.3 Å². The average molecular weight is 127 g/mol. The summed E-state index contributed by atoms with van der Waals surface area (Å²) in [5, 5.41) is 0. The van der Waals surface area contributed by atoms with Crippen molar-refractivity contribution in [1.82, 2.24) is 0 Å². The van der Waals surface area contributed by atoms with Gasteiger partial charge in [-0.25, -0.2) is 0 Å². The van der Waals surface area contributed by atoms with Gasteiger partial charge in [-0.2, -0.15) is 0 Å². The van der Waals surface area contributed by atoms with Crippen LogP contribution < -0.4 is 0 Å². The van der Waals surface area contributed by atoms with Crippen LogP contribution in [0, 0.1) is 12.3 Å². The molecule has 0 spiro atoms. The zero-order valence-electron chi connectivity index (χ0n) is 6.10. The highest BCUT2D eigenvalue weighted by molar-refractivity contribution is 4.86. The largest absolute Gasteiger partial charge is 0.381 e. The van der Waals surface area contributed by atoms with Gasteiger partial charge in [0, 0.05) is 6.61 Å². The molecule has 1 saturated carbocycles. The summed E-state index contributed by atoms with van der Waals surface area (Å²) in [6.45, 7) is 3.93. The second-order valence-electron chi connectivity index (χ2n) is 2.65. The van der Waals surface area contributed by atoms with Gasteiger partial charge in [-0.1, -0.05) is 6.92 Å². The van der Waals surface area contributed by atoms with Crippen LogP contribution in [0.2, 0.25) is 0 Å². The standard InChI is InChI=1S/C8H15O/c1-2-6-9-7-5-8-3-4-8/h5,8H,2-4,6-7H2,1H3. The lowest BCUT2D eigenvalue weighted by Gasteiger charge is -1.98. The maximum absolute atomic E-state index is 5.28. The SMILES string of the molecule is CCCOC[CH]C1CC1. The molecule has 0 aromatic rings. The van der Waals surface area contributed by atoms with Crippen LogP contribution in [-0.4, -0.2) is 13.2 Å². The molecule has 0 aromatic heterocycles. The van der Waals surface area contributed by atoms with Crippen LogP contribution in [0.4, 0.5) is 0 Å². The van der Waals surface area contributed by atoms with Gasteiger partial charge in [-0.15, -0.1) is 0 Å². The molecule has 1 nitrogen and oxygen atoms in total. The van der Waals surface area contributed by atoms with E-state index < -0.39 is 0 Å². The lowest BCUT2D eigenvalue weighted by atomic mass is 10.3. The van der Waals surface area contributed by atoms with Crippen LogP contribution in [0.15, 0.2) is 0 Å². The first-order valence-corrected chi connectivity index (χ1v) is 3.84. The fourth-order valence-electron chi connectivity index (χ4n) is 0.764. The Balaban J connectivity index is 1.71. The maximum atomic E-state index is 5.28. The maximum Gasteiger partial charge on any atom is 0.0500 e. The molecule has 0 bridgehead atoms. The number of ether oxygens (including phenoxy) is 1. The van der Waals surface area contributed by atoms with Crippen molar-refractivity contribution in [1.29, 1.82) is 0 Å². The van der Waals surface area contributed by atoms with Gasteiger partial charge in [0.25, 0.3) is 0 Å². The first kappa shape index (κ1) is 7.07. The highest BCUT2D eigenvalue weighted by atomic mass is 16.5. The zero-order chi connectivity index (χ0) is 6.53. The monoisotopic (exact) mass is 127 g/mol. The summed E-state index contributed by atoms with van der Waals surface area (Å²) in [6.07, 6.45) is 6.22. The lowest BCUT2D eigenvalue weighted by molar-refractivity contribution is 0.151. The highest BCUT2D eigenvalue weighted by Crippen LogP contribution is 2.31. The molecule has 0 unspecified atom stereocenters. The molecule has 0 aliphatic heterocycles.